The lowest BCUT2D eigenvalue weighted by atomic mass is 10.1. The predicted molar refractivity (Wildman–Crippen MR) is 109 cm³/mol. The minimum atomic E-state index is -3.63. The van der Waals surface area contributed by atoms with Crippen LogP contribution in [0.4, 0.5) is 5.69 Å². The van der Waals surface area contributed by atoms with Gasteiger partial charge in [-0.1, -0.05) is 31.5 Å². The first-order valence-corrected chi connectivity index (χ1v) is 11.0. The van der Waals surface area contributed by atoms with Crippen LogP contribution in [0.1, 0.15) is 35.7 Å². The number of nitrogens with zero attached hydrogens (tertiary/aromatic N) is 1. The Balaban J connectivity index is 1.71. The lowest BCUT2D eigenvalue weighted by Crippen LogP contribution is -2.40. The minimum Gasteiger partial charge on any atom is -0.379 e. The van der Waals surface area contributed by atoms with Crippen LogP contribution in [0.25, 0.3) is 0 Å². The third kappa shape index (κ3) is 4.98. The van der Waals surface area contributed by atoms with Gasteiger partial charge in [0, 0.05) is 24.3 Å². The summed E-state index contributed by atoms with van der Waals surface area (Å²) in [5.41, 5.74) is 2.23. The van der Waals surface area contributed by atoms with Gasteiger partial charge < -0.3 is 10.1 Å². The van der Waals surface area contributed by atoms with Crippen LogP contribution >= 0.6 is 0 Å². The molecule has 2 aromatic carbocycles. The largest absolute Gasteiger partial charge is 0.379 e. The number of benzene rings is 2. The Morgan fingerprint density at radius 1 is 1.11 bits per heavy atom. The second-order valence-electron chi connectivity index (χ2n) is 6.80. The van der Waals surface area contributed by atoms with Crippen molar-refractivity contribution in [1.29, 1.82) is 0 Å². The number of carbonyl (C=O) groups is 1. The van der Waals surface area contributed by atoms with Gasteiger partial charge in [0.25, 0.3) is 5.91 Å². The summed E-state index contributed by atoms with van der Waals surface area (Å²) in [5, 5.41) is 2.83. The van der Waals surface area contributed by atoms with Crippen LogP contribution in [0.5, 0.6) is 0 Å². The van der Waals surface area contributed by atoms with Crippen LogP contribution < -0.4 is 5.32 Å². The lowest BCUT2D eigenvalue weighted by Gasteiger charge is -2.26. The maximum Gasteiger partial charge on any atom is 0.255 e. The van der Waals surface area contributed by atoms with Crippen molar-refractivity contribution in [3.05, 3.63) is 59.7 Å². The molecular weight excluding hydrogens is 376 g/mol. The maximum atomic E-state index is 12.8. The molecule has 1 heterocycles. The fourth-order valence-electron chi connectivity index (χ4n) is 3.07. The Morgan fingerprint density at radius 2 is 1.82 bits per heavy atom. The topological polar surface area (TPSA) is 75.7 Å². The summed E-state index contributed by atoms with van der Waals surface area (Å²) in [6.45, 7) is 3.57. The van der Waals surface area contributed by atoms with Gasteiger partial charge in [0.05, 0.1) is 18.1 Å². The highest BCUT2D eigenvalue weighted by Gasteiger charge is 2.26. The van der Waals surface area contributed by atoms with Crippen molar-refractivity contribution in [2.75, 3.05) is 31.6 Å². The number of hydrogen-bond donors (Lipinski definition) is 1. The Bertz CT molecular complexity index is 904. The highest BCUT2D eigenvalue weighted by Crippen LogP contribution is 2.19. The number of carbonyl (C=O) groups excluding carboxylic acids is 1. The normalized spacial score (nSPS) is 15.3. The Labute approximate surface area is 166 Å². The Morgan fingerprint density at radius 3 is 2.50 bits per heavy atom. The summed E-state index contributed by atoms with van der Waals surface area (Å²) in [6.07, 6.45) is 3.30. The number of hydrogen-bond acceptors (Lipinski definition) is 4. The van der Waals surface area contributed by atoms with Gasteiger partial charge in [0.1, 0.15) is 0 Å². The molecule has 1 N–H and O–H groups in total. The molecule has 3 rings (SSSR count). The second-order valence-corrected chi connectivity index (χ2v) is 8.74. The van der Waals surface area contributed by atoms with Crippen molar-refractivity contribution >= 4 is 21.6 Å². The smallest absolute Gasteiger partial charge is 0.255 e. The number of unbranched alkanes of at least 4 members (excludes halogenated alkanes) is 1. The zero-order valence-electron chi connectivity index (χ0n) is 16.1. The van der Waals surface area contributed by atoms with Gasteiger partial charge in [-0.2, -0.15) is 4.31 Å². The number of sulfonamides is 1. The van der Waals surface area contributed by atoms with Crippen LogP contribution in [-0.2, 0) is 21.2 Å². The number of ether oxygens (including phenoxy) is 1. The average molecular weight is 403 g/mol. The molecule has 1 fully saturated rings. The molecule has 0 saturated carbocycles. The van der Waals surface area contributed by atoms with Gasteiger partial charge >= 0.3 is 0 Å². The third-order valence-electron chi connectivity index (χ3n) is 4.73. The number of morpholine rings is 1. The monoisotopic (exact) mass is 402 g/mol. The summed E-state index contributed by atoms with van der Waals surface area (Å²) in [5.74, 6) is -0.333. The number of rotatable bonds is 7. The van der Waals surface area contributed by atoms with E-state index < -0.39 is 10.0 Å². The molecule has 0 radical (unpaired) electrons. The van der Waals surface area contributed by atoms with E-state index in [1.165, 1.54) is 22.0 Å². The number of amides is 1. The van der Waals surface area contributed by atoms with Crippen molar-refractivity contribution in [3.8, 4) is 0 Å². The van der Waals surface area contributed by atoms with E-state index in [1.807, 2.05) is 24.3 Å². The molecule has 0 bridgehead atoms. The van der Waals surface area contributed by atoms with Gasteiger partial charge in [0.2, 0.25) is 10.0 Å². The molecule has 0 unspecified atom stereocenters. The van der Waals surface area contributed by atoms with Crippen LogP contribution in [0.15, 0.2) is 53.4 Å². The van der Waals surface area contributed by atoms with Crippen molar-refractivity contribution in [2.24, 2.45) is 0 Å². The van der Waals surface area contributed by atoms with Crippen LogP contribution in [0.3, 0.4) is 0 Å². The van der Waals surface area contributed by atoms with E-state index in [0.717, 1.165) is 19.3 Å². The first-order valence-electron chi connectivity index (χ1n) is 9.59. The van der Waals surface area contributed by atoms with Crippen molar-refractivity contribution in [3.63, 3.8) is 0 Å². The number of anilines is 1. The van der Waals surface area contributed by atoms with Gasteiger partial charge in [0.15, 0.2) is 0 Å². The molecule has 1 saturated heterocycles. The molecule has 0 aromatic heterocycles. The third-order valence-corrected chi connectivity index (χ3v) is 6.63. The van der Waals surface area contributed by atoms with E-state index >= 15 is 0 Å². The van der Waals surface area contributed by atoms with Gasteiger partial charge in [-0.15, -0.1) is 0 Å². The van der Waals surface area contributed by atoms with Crippen LogP contribution in [-0.4, -0.2) is 44.9 Å². The minimum absolute atomic E-state index is 0.122. The fraction of sp³-hybridized carbons (Fsp3) is 0.381. The molecule has 0 atom stereocenters. The SMILES string of the molecule is CCCCc1ccc(NC(=O)c2cccc(S(=O)(=O)N3CCOCC3)c2)cc1. The highest BCUT2D eigenvalue weighted by molar-refractivity contribution is 7.89. The van der Waals surface area contributed by atoms with Crippen molar-refractivity contribution in [2.45, 2.75) is 31.1 Å². The molecule has 1 aliphatic rings. The molecule has 7 heteroatoms. The zero-order valence-corrected chi connectivity index (χ0v) is 16.9. The lowest BCUT2D eigenvalue weighted by molar-refractivity contribution is 0.0730. The summed E-state index contributed by atoms with van der Waals surface area (Å²) in [6, 6.07) is 13.9. The fourth-order valence-corrected chi connectivity index (χ4v) is 4.53. The summed E-state index contributed by atoms with van der Waals surface area (Å²) >= 11 is 0. The van der Waals surface area contributed by atoms with Crippen LogP contribution in [0, 0.1) is 0 Å². The highest BCUT2D eigenvalue weighted by atomic mass is 32.2. The summed E-state index contributed by atoms with van der Waals surface area (Å²) in [4.78, 5) is 12.7. The standard InChI is InChI=1S/C21H26N2O4S/c1-2-3-5-17-8-10-19(11-9-17)22-21(24)18-6-4-7-20(16-18)28(25,26)23-12-14-27-15-13-23/h4,6-11,16H,2-3,5,12-15H2,1H3,(H,22,24). The molecular formula is C21H26N2O4S. The average Bonchev–Trinajstić information content (AvgIpc) is 2.74. The van der Waals surface area contributed by atoms with Gasteiger partial charge in [-0.3, -0.25) is 4.79 Å². The molecule has 1 amide bonds. The van der Waals surface area contributed by atoms with E-state index in [9.17, 15) is 13.2 Å². The Hall–Kier alpha value is -2.22. The van der Waals surface area contributed by atoms with E-state index in [2.05, 4.69) is 12.2 Å². The quantitative estimate of drug-likeness (QED) is 0.771. The van der Waals surface area contributed by atoms with Crippen molar-refractivity contribution in [1.82, 2.24) is 4.31 Å². The van der Waals surface area contributed by atoms with E-state index in [4.69, 9.17) is 4.74 Å². The molecule has 6 nitrogen and oxygen atoms in total. The van der Waals surface area contributed by atoms with E-state index in [-0.39, 0.29) is 10.8 Å². The van der Waals surface area contributed by atoms with E-state index in [1.54, 1.807) is 12.1 Å². The summed E-state index contributed by atoms with van der Waals surface area (Å²) < 4.78 is 32.2. The van der Waals surface area contributed by atoms with Crippen molar-refractivity contribution < 1.29 is 17.9 Å². The number of aryl methyl sites for hydroxylation is 1. The molecule has 0 aliphatic carbocycles. The first-order chi connectivity index (χ1) is 13.5. The molecule has 150 valence electrons. The number of nitrogens with one attached hydrogen (secondary N) is 1. The van der Waals surface area contributed by atoms with E-state index in [0.29, 0.717) is 37.6 Å². The van der Waals surface area contributed by atoms with Gasteiger partial charge in [-0.05, 0) is 48.7 Å². The molecule has 2 aromatic rings. The molecule has 0 spiro atoms. The van der Waals surface area contributed by atoms with Gasteiger partial charge in [-0.25, -0.2) is 8.42 Å². The first kappa shape index (κ1) is 20.5. The zero-order chi connectivity index (χ0) is 20.0. The molecule has 28 heavy (non-hydrogen) atoms. The second kappa shape index (κ2) is 9.32. The molecule has 1 aliphatic heterocycles. The summed E-state index contributed by atoms with van der Waals surface area (Å²) in [7, 11) is -3.63. The Kier molecular flexibility index (Phi) is 6.83. The maximum absolute atomic E-state index is 12.8. The predicted octanol–water partition coefficient (Wildman–Crippen LogP) is 3.30. The van der Waals surface area contributed by atoms with Crippen LogP contribution in [0.2, 0.25) is 0 Å².